The van der Waals surface area contributed by atoms with Gasteiger partial charge in [-0.1, -0.05) is 36.6 Å². The molecule has 2 aliphatic rings. The van der Waals surface area contributed by atoms with E-state index in [-0.39, 0.29) is 5.92 Å². The first-order valence-corrected chi connectivity index (χ1v) is 9.36. The highest BCUT2D eigenvalue weighted by atomic mass is 35.5. The van der Waals surface area contributed by atoms with Crippen LogP contribution in [0.2, 0.25) is 5.02 Å². The molecule has 1 aromatic carbocycles. The molecule has 3 rings (SSSR count). The maximum Gasteiger partial charge on any atom is 0.226 e. The van der Waals surface area contributed by atoms with Crippen molar-refractivity contribution in [3.8, 4) is 0 Å². The summed E-state index contributed by atoms with van der Waals surface area (Å²) in [7, 11) is 0. The number of amides is 1. The highest BCUT2D eigenvalue weighted by molar-refractivity contribution is 6.30. The molecule has 0 saturated carbocycles. The minimum absolute atomic E-state index is 0.182. The van der Waals surface area contributed by atoms with Crippen molar-refractivity contribution in [1.82, 2.24) is 9.80 Å². The summed E-state index contributed by atoms with van der Waals surface area (Å²) in [6.07, 6.45) is 7.05. The first kappa shape index (κ1) is 16.8. The monoisotopic (exact) mass is 334 g/mol. The van der Waals surface area contributed by atoms with Crippen molar-refractivity contribution in [3.63, 3.8) is 0 Å². The van der Waals surface area contributed by atoms with E-state index >= 15 is 0 Å². The normalized spacial score (nSPS) is 23.5. The quantitative estimate of drug-likeness (QED) is 0.835. The zero-order valence-electron chi connectivity index (χ0n) is 13.8. The number of benzene rings is 1. The summed E-state index contributed by atoms with van der Waals surface area (Å²) in [5.41, 5.74) is 1.24. The van der Waals surface area contributed by atoms with E-state index in [1.807, 2.05) is 18.2 Å². The number of halogens is 1. The minimum atomic E-state index is 0.182. The van der Waals surface area contributed by atoms with Gasteiger partial charge in [-0.2, -0.15) is 0 Å². The van der Waals surface area contributed by atoms with Crippen molar-refractivity contribution >= 4 is 17.5 Å². The second-order valence-corrected chi connectivity index (χ2v) is 7.38. The van der Waals surface area contributed by atoms with Crippen LogP contribution in [0.3, 0.4) is 0 Å². The second-order valence-electron chi connectivity index (χ2n) is 6.94. The SMILES string of the molecule is O=C(C1CCCN(Cc2cccc(Cl)c2)C1)N1CCCCCC1. The van der Waals surface area contributed by atoms with E-state index in [2.05, 4.69) is 15.9 Å². The van der Waals surface area contributed by atoms with Crippen LogP contribution in [0.1, 0.15) is 44.1 Å². The van der Waals surface area contributed by atoms with E-state index in [0.717, 1.165) is 50.6 Å². The molecule has 3 nitrogen and oxygen atoms in total. The van der Waals surface area contributed by atoms with Gasteiger partial charge in [0.15, 0.2) is 0 Å². The van der Waals surface area contributed by atoms with Crippen LogP contribution >= 0.6 is 11.6 Å². The maximum atomic E-state index is 12.8. The Morgan fingerprint density at radius 3 is 2.61 bits per heavy atom. The fourth-order valence-corrected chi connectivity index (χ4v) is 4.06. The molecule has 4 heteroatoms. The van der Waals surface area contributed by atoms with E-state index in [0.29, 0.717) is 5.91 Å². The van der Waals surface area contributed by atoms with E-state index < -0.39 is 0 Å². The van der Waals surface area contributed by atoms with Crippen LogP contribution in [0, 0.1) is 5.92 Å². The molecule has 1 amide bonds. The van der Waals surface area contributed by atoms with Gasteiger partial charge < -0.3 is 4.90 Å². The molecule has 1 atom stereocenters. The highest BCUT2D eigenvalue weighted by Gasteiger charge is 2.29. The molecule has 0 bridgehead atoms. The Hall–Kier alpha value is -1.06. The van der Waals surface area contributed by atoms with Gasteiger partial charge in [0, 0.05) is 31.2 Å². The molecule has 0 aromatic heterocycles. The Bertz CT molecular complexity index is 526. The Morgan fingerprint density at radius 1 is 1.09 bits per heavy atom. The Balaban J connectivity index is 1.57. The molecular formula is C19H27ClN2O. The number of nitrogens with zero attached hydrogens (tertiary/aromatic N) is 2. The number of likely N-dealkylation sites (tertiary alicyclic amines) is 2. The molecule has 1 unspecified atom stereocenters. The van der Waals surface area contributed by atoms with Crippen LogP contribution in [0.5, 0.6) is 0 Å². The van der Waals surface area contributed by atoms with Gasteiger partial charge in [0.1, 0.15) is 0 Å². The minimum Gasteiger partial charge on any atom is -0.342 e. The topological polar surface area (TPSA) is 23.6 Å². The standard InChI is InChI=1S/C19H27ClN2O/c20-18-9-5-7-16(13-18)14-21-10-6-8-17(15-21)19(23)22-11-3-1-2-4-12-22/h5,7,9,13,17H,1-4,6,8,10-12,14-15H2. The van der Waals surface area contributed by atoms with Crippen LogP contribution in [-0.4, -0.2) is 41.9 Å². The third kappa shape index (κ3) is 4.71. The predicted molar refractivity (Wildman–Crippen MR) is 94.5 cm³/mol. The first-order valence-electron chi connectivity index (χ1n) is 8.98. The van der Waals surface area contributed by atoms with Crippen LogP contribution in [0.4, 0.5) is 0 Å². The van der Waals surface area contributed by atoms with Gasteiger partial charge in [0.2, 0.25) is 5.91 Å². The molecule has 0 N–H and O–H groups in total. The fourth-order valence-electron chi connectivity index (χ4n) is 3.84. The number of carbonyl (C=O) groups excluding carboxylic acids is 1. The van der Waals surface area contributed by atoms with Crippen molar-refractivity contribution < 1.29 is 4.79 Å². The van der Waals surface area contributed by atoms with Gasteiger partial charge >= 0.3 is 0 Å². The number of piperidine rings is 1. The largest absolute Gasteiger partial charge is 0.342 e. The van der Waals surface area contributed by atoms with E-state index in [1.165, 1.54) is 31.2 Å². The summed E-state index contributed by atoms with van der Waals surface area (Å²) < 4.78 is 0. The first-order chi connectivity index (χ1) is 11.2. The van der Waals surface area contributed by atoms with Crippen LogP contribution < -0.4 is 0 Å². The summed E-state index contributed by atoms with van der Waals surface area (Å²) in [4.78, 5) is 17.4. The van der Waals surface area contributed by atoms with Gasteiger partial charge in [-0.05, 0) is 49.9 Å². The number of hydrogen-bond donors (Lipinski definition) is 0. The average molecular weight is 335 g/mol. The lowest BCUT2D eigenvalue weighted by Gasteiger charge is -2.34. The molecular weight excluding hydrogens is 308 g/mol. The zero-order chi connectivity index (χ0) is 16.1. The van der Waals surface area contributed by atoms with E-state index in [1.54, 1.807) is 0 Å². The number of rotatable bonds is 3. The average Bonchev–Trinajstić information content (AvgIpc) is 2.84. The molecule has 126 valence electrons. The molecule has 2 saturated heterocycles. The summed E-state index contributed by atoms with van der Waals surface area (Å²) in [6, 6.07) is 8.06. The predicted octanol–water partition coefficient (Wildman–Crippen LogP) is 3.95. The highest BCUT2D eigenvalue weighted by Crippen LogP contribution is 2.23. The molecule has 23 heavy (non-hydrogen) atoms. The lowest BCUT2D eigenvalue weighted by molar-refractivity contribution is -0.137. The molecule has 2 fully saturated rings. The van der Waals surface area contributed by atoms with Gasteiger partial charge in [-0.15, -0.1) is 0 Å². The molecule has 2 aliphatic heterocycles. The van der Waals surface area contributed by atoms with E-state index in [9.17, 15) is 4.79 Å². The smallest absolute Gasteiger partial charge is 0.226 e. The maximum absolute atomic E-state index is 12.8. The van der Waals surface area contributed by atoms with Crippen molar-refractivity contribution in [2.45, 2.75) is 45.1 Å². The van der Waals surface area contributed by atoms with Crippen molar-refractivity contribution in [3.05, 3.63) is 34.9 Å². The van der Waals surface area contributed by atoms with Gasteiger partial charge in [0.05, 0.1) is 5.92 Å². The van der Waals surface area contributed by atoms with E-state index in [4.69, 9.17) is 11.6 Å². The third-order valence-corrected chi connectivity index (χ3v) is 5.30. The van der Waals surface area contributed by atoms with Crippen molar-refractivity contribution in [1.29, 1.82) is 0 Å². The number of hydrogen-bond acceptors (Lipinski definition) is 2. The van der Waals surface area contributed by atoms with Crippen LogP contribution in [0.25, 0.3) is 0 Å². The van der Waals surface area contributed by atoms with Gasteiger partial charge in [0.25, 0.3) is 0 Å². The van der Waals surface area contributed by atoms with Crippen molar-refractivity contribution in [2.24, 2.45) is 5.92 Å². The van der Waals surface area contributed by atoms with Gasteiger partial charge in [-0.3, -0.25) is 9.69 Å². The molecule has 2 heterocycles. The summed E-state index contributed by atoms with van der Waals surface area (Å²) in [5.74, 6) is 0.573. The lowest BCUT2D eigenvalue weighted by atomic mass is 9.96. The van der Waals surface area contributed by atoms with Crippen LogP contribution in [0.15, 0.2) is 24.3 Å². The summed E-state index contributed by atoms with van der Waals surface area (Å²) >= 11 is 6.08. The molecule has 1 aromatic rings. The fraction of sp³-hybridized carbons (Fsp3) is 0.632. The third-order valence-electron chi connectivity index (χ3n) is 5.07. The Labute approximate surface area is 144 Å². The zero-order valence-corrected chi connectivity index (χ0v) is 14.6. The molecule has 0 radical (unpaired) electrons. The molecule has 0 spiro atoms. The second kappa shape index (κ2) is 8.16. The molecule has 0 aliphatic carbocycles. The lowest BCUT2D eigenvalue weighted by Crippen LogP contribution is -2.44. The summed E-state index contributed by atoms with van der Waals surface area (Å²) in [6.45, 7) is 4.79. The Kier molecular flexibility index (Phi) is 5.96. The summed E-state index contributed by atoms with van der Waals surface area (Å²) in [5, 5.41) is 0.789. The number of carbonyl (C=O) groups is 1. The van der Waals surface area contributed by atoms with Crippen molar-refractivity contribution in [2.75, 3.05) is 26.2 Å². The Morgan fingerprint density at radius 2 is 1.87 bits per heavy atom. The van der Waals surface area contributed by atoms with Crippen LogP contribution in [-0.2, 0) is 11.3 Å². The van der Waals surface area contributed by atoms with Gasteiger partial charge in [-0.25, -0.2) is 0 Å².